The lowest BCUT2D eigenvalue weighted by Gasteiger charge is -2.20. The van der Waals surface area contributed by atoms with Gasteiger partial charge in [0.1, 0.15) is 6.04 Å². The summed E-state index contributed by atoms with van der Waals surface area (Å²) in [7, 11) is 0. The van der Waals surface area contributed by atoms with Crippen molar-refractivity contribution in [1.82, 2.24) is 5.32 Å². The first-order valence-electron chi connectivity index (χ1n) is 8.94. The number of rotatable bonds is 6. The molecule has 0 aromatic heterocycles. The molecular weight excluding hydrogens is 300 g/mol. The summed E-state index contributed by atoms with van der Waals surface area (Å²) < 4.78 is 0. The molecule has 2 rings (SSSR count). The van der Waals surface area contributed by atoms with E-state index in [2.05, 4.69) is 38.2 Å². The number of hydrogen-bond acceptors (Lipinski definition) is 2. The molecule has 0 unspecified atom stereocenters. The number of nitrogens with two attached hydrogens (primary N) is 1. The van der Waals surface area contributed by atoms with Crippen LogP contribution in [0.5, 0.6) is 0 Å². The summed E-state index contributed by atoms with van der Waals surface area (Å²) in [5, 5.41) is 2.82. The number of benzene rings is 1. The Bertz CT molecular complexity index is 566. The lowest BCUT2D eigenvalue weighted by atomic mass is 9.86. The fourth-order valence-electron chi connectivity index (χ4n) is 3.33. The summed E-state index contributed by atoms with van der Waals surface area (Å²) in [5.41, 5.74) is 7.83. The topological polar surface area (TPSA) is 72.2 Å². The SMILES string of the molecule is CC(C)(C)c1ccc(C[C@@H](NC(=O)CC2CCCC2)C(N)=O)cc1. The average Bonchev–Trinajstić information content (AvgIpc) is 2.99. The Morgan fingerprint density at radius 2 is 1.75 bits per heavy atom. The highest BCUT2D eigenvalue weighted by molar-refractivity contribution is 5.86. The van der Waals surface area contributed by atoms with E-state index >= 15 is 0 Å². The molecule has 0 heterocycles. The van der Waals surface area contributed by atoms with Crippen molar-refractivity contribution in [3.8, 4) is 0 Å². The van der Waals surface area contributed by atoms with Crippen molar-refractivity contribution in [2.24, 2.45) is 11.7 Å². The molecule has 1 aliphatic rings. The minimum absolute atomic E-state index is 0.0583. The molecule has 0 saturated heterocycles. The average molecular weight is 330 g/mol. The molecule has 1 aromatic rings. The van der Waals surface area contributed by atoms with Crippen LogP contribution in [0.25, 0.3) is 0 Å². The summed E-state index contributed by atoms with van der Waals surface area (Å²) >= 11 is 0. The molecule has 4 nitrogen and oxygen atoms in total. The molecule has 0 bridgehead atoms. The molecule has 1 atom stereocenters. The minimum Gasteiger partial charge on any atom is -0.368 e. The summed E-state index contributed by atoms with van der Waals surface area (Å²) in [5.74, 6) is -0.0729. The maximum atomic E-state index is 12.2. The van der Waals surface area contributed by atoms with E-state index in [0.717, 1.165) is 18.4 Å². The molecule has 1 aromatic carbocycles. The maximum absolute atomic E-state index is 12.2. The molecule has 1 saturated carbocycles. The number of amides is 2. The third-order valence-corrected chi connectivity index (χ3v) is 4.89. The monoisotopic (exact) mass is 330 g/mol. The maximum Gasteiger partial charge on any atom is 0.240 e. The third kappa shape index (κ3) is 5.36. The van der Waals surface area contributed by atoms with Gasteiger partial charge in [-0.25, -0.2) is 0 Å². The zero-order valence-electron chi connectivity index (χ0n) is 15.1. The predicted molar refractivity (Wildman–Crippen MR) is 96.5 cm³/mol. The van der Waals surface area contributed by atoms with Gasteiger partial charge in [-0.15, -0.1) is 0 Å². The van der Waals surface area contributed by atoms with Gasteiger partial charge in [0, 0.05) is 12.8 Å². The molecule has 24 heavy (non-hydrogen) atoms. The van der Waals surface area contributed by atoms with E-state index in [1.54, 1.807) is 0 Å². The van der Waals surface area contributed by atoms with Crippen LogP contribution in [0.1, 0.15) is 64.0 Å². The lowest BCUT2D eigenvalue weighted by molar-refractivity contribution is -0.127. The Hall–Kier alpha value is -1.84. The Kier molecular flexibility index (Phi) is 6.03. The summed E-state index contributed by atoms with van der Waals surface area (Å²) in [4.78, 5) is 23.9. The summed E-state index contributed by atoms with van der Waals surface area (Å²) in [6, 6.07) is 7.54. The van der Waals surface area contributed by atoms with E-state index in [-0.39, 0.29) is 11.3 Å². The smallest absolute Gasteiger partial charge is 0.240 e. The number of carbonyl (C=O) groups excluding carboxylic acids is 2. The van der Waals surface area contributed by atoms with Gasteiger partial charge in [-0.2, -0.15) is 0 Å². The summed E-state index contributed by atoms with van der Waals surface area (Å²) in [6.45, 7) is 6.49. The summed E-state index contributed by atoms with van der Waals surface area (Å²) in [6.07, 6.45) is 5.59. The van der Waals surface area contributed by atoms with E-state index in [9.17, 15) is 9.59 Å². The standard InChI is InChI=1S/C20H30N2O2/c1-20(2,3)16-10-8-15(9-11-16)12-17(19(21)24)22-18(23)13-14-6-4-5-7-14/h8-11,14,17H,4-7,12-13H2,1-3H3,(H2,21,24)(H,22,23)/t17-/m1/s1. The molecule has 1 fully saturated rings. The highest BCUT2D eigenvalue weighted by atomic mass is 16.2. The van der Waals surface area contributed by atoms with Gasteiger partial charge in [0.05, 0.1) is 0 Å². The van der Waals surface area contributed by atoms with Crippen LogP contribution in [-0.2, 0) is 21.4 Å². The molecular formula is C20H30N2O2. The van der Waals surface area contributed by atoms with Crippen LogP contribution in [0.3, 0.4) is 0 Å². The van der Waals surface area contributed by atoms with E-state index in [1.807, 2.05) is 12.1 Å². The van der Waals surface area contributed by atoms with Crippen molar-refractivity contribution in [2.45, 2.75) is 70.8 Å². The van der Waals surface area contributed by atoms with Gasteiger partial charge in [0.15, 0.2) is 0 Å². The fourth-order valence-corrected chi connectivity index (χ4v) is 3.33. The molecule has 2 amide bonds. The molecule has 0 spiro atoms. The second-order valence-corrected chi connectivity index (χ2v) is 8.03. The largest absolute Gasteiger partial charge is 0.368 e. The Balaban J connectivity index is 1.95. The molecule has 0 radical (unpaired) electrons. The first-order valence-corrected chi connectivity index (χ1v) is 8.94. The van der Waals surface area contributed by atoms with Crippen molar-refractivity contribution in [2.75, 3.05) is 0 Å². The first-order chi connectivity index (χ1) is 11.3. The minimum atomic E-state index is -0.639. The van der Waals surface area contributed by atoms with Crippen molar-refractivity contribution >= 4 is 11.8 Å². The van der Waals surface area contributed by atoms with Crippen molar-refractivity contribution in [3.63, 3.8) is 0 Å². The van der Waals surface area contributed by atoms with E-state index in [0.29, 0.717) is 18.8 Å². The molecule has 1 aliphatic carbocycles. The van der Waals surface area contributed by atoms with E-state index < -0.39 is 11.9 Å². The van der Waals surface area contributed by atoms with Gasteiger partial charge >= 0.3 is 0 Å². The van der Waals surface area contributed by atoms with Crippen molar-refractivity contribution < 1.29 is 9.59 Å². The number of hydrogen-bond donors (Lipinski definition) is 2. The Morgan fingerprint density at radius 3 is 2.25 bits per heavy atom. The van der Waals surface area contributed by atoms with Gasteiger partial charge < -0.3 is 11.1 Å². The van der Waals surface area contributed by atoms with Crippen LogP contribution in [0.15, 0.2) is 24.3 Å². The van der Waals surface area contributed by atoms with Gasteiger partial charge in [-0.3, -0.25) is 9.59 Å². The number of primary amides is 1. The second kappa shape index (κ2) is 7.82. The van der Waals surface area contributed by atoms with Crippen LogP contribution in [0.4, 0.5) is 0 Å². The van der Waals surface area contributed by atoms with Crippen LogP contribution < -0.4 is 11.1 Å². The fraction of sp³-hybridized carbons (Fsp3) is 0.600. The van der Waals surface area contributed by atoms with Crippen molar-refractivity contribution in [3.05, 3.63) is 35.4 Å². The zero-order chi connectivity index (χ0) is 17.7. The number of carbonyl (C=O) groups is 2. The molecule has 0 aliphatic heterocycles. The second-order valence-electron chi connectivity index (χ2n) is 8.03. The molecule has 4 heteroatoms. The zero-order valence-corrected chi connectivity index (χ0v) is 15.1. The molecule has 132 valence electrons. The molecule has 3 N–H and O–H groups in total. The van der Waals surface area contributed by atoms with Crippen LogP contribution >= 0.6 is 0 Å². The normalized spacial score (nSPS) is 16.8. The van der Waals surface area contributed by atoms with E-state index in [1.165, 1.54) is 18.4 Å². The van der Waals surface area contributed by atoms with Gasteiger partial charge in [0.25, 0.3) is 0 Å². The Labute approximate surface area is 145 Å². The van der Waals surface area contributed by atoms with Gasteiger partial charge in [0.2, 0.25) is 11.8 Å². The Morgan fingerprint density at radius 1 is 1.17 bits per heavy atom. The third-order valence-electron chi connectivity index (χ3n) is 4.89. The quantitative estimate of drug-likeness (QED) is 0.841. The van der Waals surface area contributed by atoms with Crippen molar-refractivity contribution in [1.29, 1.82) is 0 Å². The van der Waals surface area contributed by atoms with E-state index in [4.69, 9.17) is 5.73 Å². The first kappa shape index (κ1) is 18.5. The number of nitrogens with one attached hydrogen (secondary N) is 1. The van der Waals surface area contributed by atoms with Crippen LogP contribution in [0, 0.1) is 5.92 Å². The van der Waals surface area contributed by atoms with Crippen LogP contribution in [-0.4, -0.2) is 17.9 Å². The highest BCUT2D eigenvalue weighted by Crippen LogP contribution is 2.27. The highest BCUT2D eigenvalue weighted by Gasteiger charge is 2.23. The lowest BCUT2D eigenvalue weighted by Crippen LogP contribution is -2.46. The predicted octanol–water partition coefficient (Wildman–Crippen LogP) is 3.08. The van der Waals surface area contributed by atoms with Crippen LogP contribution in [0.2, 0.25) is 0 Å². The van der Waals surface area contributed by atoms with Gasteiger partial charge in [-0.05, 0) is 35.3 Å². The van der Waals surface area contributed by atoms with Gasteiger partial charge in [-0.1, -0.05) is 57.9 Å².